The zero-order chi connectivity index (χ0) is 19.3. The van der Waals surface area contributed by atoms with Gasteiger partial charge < -0.3 is 9.80 Å². The van der Waals surface area contributed by atoms with E-state index in [1.165, 1.54) is 0 Å². The molecule has 0 unspecified atom stereocenters. The van der Waals surface area contributed by atoms with Crippen LogP contribution in [0.1, 0.15) is 46.9 Å². The molecule has 0 spiro atoms. The summed E-state index contributed by atoms with van der Waals surface area (Å²) >= 11 is 12.3. The number of carbonyl (C=O) groups excluding carboxylic acids is 2. The van der Waals surface area contributed by atoms with Crippen molar-refractivity contribution >= 4 is 40.7 Å². The second-order valence-corrected chi connectivity index (χ2v) is 7.97. The highest BCUT2D eigenvalue weighted by atomic mass is 35.5. The van der Waals surface area contributed by atoms with Crippen LogP contribution in [0.25, 0.3) is 0 Å². The molecule has 0 saturated heterocycles. The van der Waals surface area contributed by atoms with E-state index in [1.54, 1.807) is 11.8 Å². The van der Waals surface area contributed by atoms with Crippen LogP contribution in [0.5, 0.6) is 0 Å². The van der Waals surface area contributed by atoms with Crippen molar-refractivity contribution in [2.24, 2.45) is 0 Å². The summed E-state index contributed by atoms with van der Waals surface area (Å²) in [5.41, 5.74) is 4.82. The molecule has 0 N–H and O–H groups in total. The van der Waals surface area contributed by atoms with E-state index in [0.717, 1.165) is 35.2 Å². The van der Waals surface area contributed by atoms with Gasteiger partial charge in [0.15, 0.2) is 0 Å². The first kappa shape index (κ1) is 18.3. The largest absolute Gasteiger partial charge is 0.332 e. The third-order valence-electron chi connectivity index (χ3n) is 5.58. The van der Waals surface area contributed by atoms with Crippen molar-refractivity contribution < 1.29 is 9.59 Å². The number of hydrogen-bond acceptors (Lipinski definition) is 2. The molecule has 0 bridgehead atoms. The van der Waals surface area contributed by atoms with Crippen molar-refractivity contribution in [1.82, 2.24) is 4.90 Å². The maximum atomic E-state index is 13.2. The lowest BCUT2D eigenvalue weighted by Gasteiger charge is -2.35. The van der Waals surface area contributed by atoms with E-state index in [2.05, 4.69) is 0 Å². The topological polar surface area (TPSA) is 40.6 Å². The van der Waals surface area contributed by atoms with Crippen molar-refractivity contribution in [3.63, 3.8) is 0 Å². The molecule has 2 aromatic carbocycles. The van der Waals surface area contributed by atoms with Crippen LogP contribution in [-0.2, 0) is 17.6 Å². The number of nitrogens with zero attached hydrogens (tertiary/aromatic N) is 2. The van der Waals surface area contributed by atoms with E-state index < -0.39 is 0 Å². The smallest absolute Gasteiger partial charge is 0.254 e. The molecule has 140 valence electrons. The molecule has 4 rings (SSSR count). The molecule has 2 amide bonds. The maximum absolute atomic E-state index is 13.2. The Morgan fingerprint density at radius 1 is 1.00 bits per heavy atom. The van der Waals surface area contributed by atoms with Crippen LogP contribution in [0.15, 0.2) is 30.3 Å². The van der Waals surface area contributed by atoms with Gasteiger partial charge in [-0.25, -0.2) is 0 Å². The van der Waals surface area contributed by atoms with Gasteiger partial charge in [0.05, 0.1) is 16.1 Å². The summed E-state index contributed by atoms with van der Waals surface area (Å²) in [6.07, 6.45) is 1.54. The maximum Gasteiger partial charge on any atom is 0.254 e. The molecule has 2 aliphatic heterocycles. The van der Waals surface area contributed by atoms with Crippen LogP contribution in [0, 0.1) is 0 Å². The van der Waals surface area contributed by atoms with Crippen LogP contribution in [0.4, 0.5) is 5.69 Å². The van der Waals surface area contributed by atoms with E-state index in [4.69, 9.17) is 23.2 Å². The zero-order valence-electron chi connectivity index (χ0n) is 15.3. The normalized spacial score (nSPS) is 18.3. The molecular formula is C21H20Cl2N2O2. The van der Waals surface area contributed by atoms with Crippen molar-refractivity contribution in [2.45, 2.75) is 32.7 Å². The minimum absolute atomic E-state index is 0.00305. The molecule has 0 aromatic heterocycles. The van der Waals surface area contributed by atoms with Gasteiger partial charge in [0.1, 0.15) is 0 Å². The van der Waals surface area contributed by atoms with E-state index in [0.29, 0.717) is 28.7 Å². The van der Waals surface area contributed by atoms with Crippen LogP contribution in [0.2, 0.25) is 10.0 Å². The number of carbonyl (C=O) groups is 2. The molecule has 27 heavy (non-hydrogen) atoms. The Morgan fingerprint density at radius 3 is 2.44 bits per heavy atom. The molecule has 4 nitrogen and oxygen atoms in total. The fourth-order valence-corrected chi connectivity index (χ4v) is 4.47. The molecule has 2 heterocycles. The second-order valence-electron chi connectivity index (χ2n) is 7.15. The van der Waals surface area contributed by atoms with Crippen molar-refractivity contribution in [3.05, 3.63) is 62.6 Å². The lowest BCUT2D eigenvalue weighted by Crippen LogP contribution is -2.38. The lowest BCUT2D eigenvalue weighted by molar-refractivity contribution is -0.116. The van der Waals surface area contributed by atoms with Crippen LogP contribution >= 0.6 is 23.2 Å². The fraction of sp³-hybridized carbons (Fsp3) is 0.333. The first-order valence-corrected chi connectivity index (χ1v) is 9.82. The van der Waals surface area contributed by atoms with E-state index in [-0.39, 0.29) is 17.9 Å². The predicted molar refractivity (Wildman–Crippen MR) is 108 cm³/mol. The Labute approximate surface area is 168 Å². The minimum Gasteiger partial charge on any atom is -0.332 e. The summed E-state index contributed by atoms with van der Waals surface area (Å²) in [7, 11) is 0. The predicted octanol–water partition coefficient (Wildman–Crippen LogP) is 4.66. The Kier molecular flexibility index (Phi) is 4.65. The van der Waals surface area contributed by atoms with E-state index in [1.807, 2.05) is 42.2 Å². The van der Waals surface area contributed by atoms with Crippen molar-refractivity contribution in [2.75, 3.05) is 18.0 Å². The van der Waals surface area contributed by atoms with Gasteiger partial charge in [-0.2, -0.15) is 0 Å². The van der Waals surface area contributed by atoms with Gasteiger partial charge in [-0.1, -0.05) is 23.2 Å². The number of anilines is 1. The van der Waals surface area contributed by atoms with Gasteiger partial charge >= 0.3 is 0 Å². The highest BCUT2D eigenvalue weighted by Crippen LogP contribution is 2.36. The highest BCUT2D eigenvalue weighted by Gasteiger charge is 2.30. The van der Waals surface area contributed by atoms with Gasteiger partial charge in [-0.15, -0.1) is 0 Å². The van der Waals surface area contributed by atoms with E-state index in [9.17, 15) is 9.59 Å². The summed E-state index contributed by atoms with van der Waals surface area (Å²) in [5, 5.41) is 1.06. The number of rotatable bonds is 1. The quantitative estimate of drug-likeness (QED) is 0.695. The Bertz CT molecular complexity index is 957. The molecule has 0 fully saturated rings. The lowest BCUT2D eigenvalue weighted by atomic mass is 9.92. The molecule has 1 atom stereocenters. The number of amides is 2. The van der Waals surface area contributed by atoms with Crippen LogP contribution in [-0.4, -0.2) is 29.8 Å². The summed E-state index contributed by atoms with van der Waals surface area (Å²) < 4.78 is 0. The SMILES string of the molecule is CC(=O)N1CCc2cc(C(=O)N3CCc4cc(Cl)c(Cl)cc4[C@H]3C)ccc21. The van der Waals surface area contributed by atoms with E-state index >= 15 is 0 Å². The Morgan fingerprint density at radius 2 is 1.70 bits per heavy atom. The third kappa shape index (κ3) is 3.11. The number of fused-ring (bicyclic) bond motifs is 2. The number of benzene rings is 2. The Balaban J connectivity index is 1.62. The standard InChI is InChI=1S/C21H20Cl2N2O2/c1-12-17-11-19(23)18(22)10-14(17)5-7-24(12)21(27)16-3-4-20-15(9-16)6-8-25(20)13(2)26/h3-4,9-12H,5-8H2,1-2H3/t12-/m1/s1. The molecular weight excluding hydrogens is 383 g/mol. The summed E-state index contributed by atoms with van der Waals surface area (Å²) in [6.45, 7) is 4.90. The highest BCUT2D eigenvalue weighted by molar-refractivity contribution is 6.42. The molecule has 6 heteroatoms. The summed E-state index contributed by atoms with van der Waals surface area (Å²) in [4.78, 5) is 28.5. The van der Waals surface area contributed by atoms with Gasteiger partial charge in [0, 0.05) is 31.3 Å². The monoisotopic (exact) mass is 402 g/mol. The molecule has 2 aromatic rings. The molecule has 0 aliphatic carbocycles. The van der Waals surface area contributed by atoms with Gasteiger partial charge in [0.25, 0.3) is 5.91 Å². The average molecular weight is 403 g/mol. The number of hydrogen-bond donors (Lipinski definition) is 0. The number of halogens is 2. The van der Waals surface area contributed by atoms with Crippen LogP contribution < -0.4 is 4.90 Å². The molecule has 0 saturated carbocycles. The zero-order valence-corrected chi connectivity index (χ0v) is 16.8. The molecule has 0 radical (unpaired) electrons. The van der Waals surface area contributed by atoms with Gasteiger partial charge in [0.2, 0.25) is 5.91 Å². The third-order valence-corrected chi connectivity index (χ3v) is 6.31. The first-order valence-electron chi connectivity index (χ1n) is 9.06. The van der Waals surface area contributed by atoms with Crippen molar-refractivity contribution in [1.29, 1.82) is 0 Å². The fourth-order valence-electron chi connectivity index (χ4n) is 4.12. The van der Waals surface area contributed by atoms with Gasteiger partial charge in [-0.3, -0.25) is 9.59 Å². The Hall–Kier alpha value is -2.04. The summed E-state index contributed by atoms with van der Waals surface area (Å²) in [5.74, 6) is 0.0351. The molecule has 2 aliphatic rings. The minimum atomic E-state index is -0.0713. The van der Waals surface area contributed by atoms with Gasteiger partial charge in [-0.05, 0) is 66.8 Å². The van der Waals surface area contributed by atoms with Crippen LogP contribution in [0.3, 0.4) is 0 Å². The summed E-state index contributed by atoms with van der Waals surface area (Å²) in [6, 6.07) is 9.34. The average Bonchev–Trinajstić information content (AvgIpc) is 3.06. The van der Waals surface area contributed by atoms with Crippen molar-refractivity contribution in [3.8, 4) is 0 Å². The first-order chi connectivity index (χ1) is 12.9. The second kappa shape index (κ2) is 6.84.